The van der Waals surface area contributed by atoms with Gasteiger partial charge in [0.1, 0.15) is 23.7 Å². The molecule has 274 valence electrons. The zero-order valence-electron chi connectivity index (χ0n) is 30.8. The molecule has 3 N–H and O–H groups in total. The molecule has 1 amide bonds. The molecule has 0 radical (unpaired) electrons. The minimum absolute atomic E-state index is 0.179. The maximum Gasteiger partial charge on any atom is 0.339 e. The summed E-state index contributed by atoms with van der Waals surface area (Å²) < 4.78 is 11.0. The van der Waals surface area contributed by atoms with E-state index in [2.05, 4.69) is 24.1 Å². The fourth-order valence-corrected chi connectivity index (χ4v) is 5.31. The van der Waals surface area contributed by atoms with Crippen molar-refractivity contribution in [1.29, 1.82) is 0 Å². The molecule has 0 aliphatic carbocycles. The number of rotatable bonds is 25. The molecular weight excluding hydrogens is 622 g/mol. The first-order chi connectivity index (χ1) is 23.3. The van der Waals surface area contributed by atoms with Gasteiger partial charge in [-0.1, -0.05) is 75.7 Å². The van der Waals surface area contributed by atoms with Crippen molar-refractivity contribution in [2.75, 3.05) is 13.2 Å². The van der Waals surface area contributed by atoms with E-state index in [0.29, 0.717) is 30.8 Å². The van der Waals surface area contributed by atoms with Crippen LogP contribution in [-0.4, -0.2) is 64.1 Å². The number of aliphatic hydroxyl groups excluding tert-OH is 1. The molecule has 1 aromatic carbocycles. The summed E-state index contributed by atoms with van der Waals surface area (Å²) in [6.45, 7) is 9.90. The molecule has 0 saturated heterocycles. The molecule has 0 unspecified atom stereocenters. The topological polar surface area (TPSA) is 139 Å². The molecule has 0 aromatic heterocycles. The van der Waals surface area contributed by atoms with Crippen LogP contribution in [0.4, 0.5) is 0 Å². The highest BCUT2D eigenvalue weighted by molar-refractivity contribution is 5.94. The number of benzene rings is 1. The van der Waals surface area contributed by atoms with Gasteiger partial charge in [0.05, 0.1) is 12.0 Å². The Bertz CT molecular complexity index is 1240. The summed E-state index contributed by atoms with van der Waals surface area (Å²) in [6.07, 6.45) is 13.9. The van der Waals surface area contributed by atoms with Gasteiger partial charge in [0.25, 0.3) is 0 Å². The number of unbranched alkanes of at least 4 members (excludes halogenated alkanes) is 8. The third kappa shape index (κ3) is 18.2. The first-order valence-electron chi connectivity index (χ1n) is 17.9. The van der Waals surface area contributed by atoms with Crippen LogP contribution in [-0.2, 0) is 30.3 Å². The highest BCUT2D eigenvalue weighted by atomic mass is 16.6. The third-order valence-electron chi connectivity index (χ3n) is 8.16. The van der Waals surface area contributed by atoms with Gasteiger partial charge in [0.15, 0.2) is 11.4 Å². The minimum Gasteiger partial charge on any atom is -0.481 e. The summed E-state index contributed by atoms with van der Waals surface area (Å²) in [7, 11) is 0. The van der Waals surface area contributed by atoms with Gasteiger partial charge in [-0.25, -0.2) is 4.79 Å². The molecule has 49 heavy (non-hydrogen) atoms. The molecule has 9 heteroatoms. The molecule has 1 aromatic rings. The summed E-state index contributed by atoms with van der Waals surface area (Å²) in [4.78, 5) is 52.0. The van der Waals surface area contributed by atoms with Crippen LogP contribution in [0.1, 0.15) is 131 Å². The van der Waals surface area contributed by atoms with Crippen LogP contribution in [0.3, 0.4) is 0 Å². The van der Waals surface area contributed by atoms with Gasteiger partial charge < -0.3 is 25.0 Å². The first-order valence-corrected chi connectivity index (χ1v) is 17.9. The van der Waals surface area contributed by atoms with Gasteiger partial charge >= 0.3 is 5.97 Å². The molecule has 0 saturated carbocycles. The summed E-state index contributed by atoms with van der Waals surface area (Å²) in [5.41, 5.74) is -2.56. The van der Waals surface area contributed by atoms with Crippen molar-refractivity contribution in [1.82, 2.24) is 5.32 Å². The quantitative estimate of drug-likeness (QED) is 0.0454. The monoisotopic (exact) mass is 683 g/mol. The molecule has 0 fully saturated rings. The number of nitrogens with one attached hydrogen (secondary N) is 1. The molecule has 1 rings (SSSR count). The lowest BCUT2D eigenvalue weighted by atomic mass is 9.82. The molecule has 0 heterocycles. The van der Waals surface area contributed by atoms with Crippen molar-refractivity contribution in [2.45, 2.75) is 149 Å². The largest absolute Gasteiger partial charge is 0.481 e. The second kappa shape index (κ2) is 23.8. The zero-order valence-corrected chi connectivity index (χ0v) is 30.8. The van der Waals surface area contributed by atoms with Gasteiger partial charge in [0.2, 0.25) is 5.91 Å². The third-order valence-corrected chi connectivity index (χ3v) is 8.16. The fourth-order valence-electron chi connectivity index (χ4n) is 5.31. The number of allylic oxidation sites excluding steroid dienone is 1. The Hall–Kier alpha value is -3.48. The smallest absolute Gasteiger partial charge is 0.339 e. The maximum absolute atomic E-state index is 13.8. The molecule has 0 bridgehead atoms. The van der Waals surface area contributed by atoms with Crippen LogP contribution in [0.15, 0.2) is 36.4 Å². The number of Topliss-reactive ketones (excluding diaryl/α,β-unsaturated/α-hetero) is 2. The summed E-state index contributed by atoms with van der Waals surface area (Å²) in [5, 5.41) is 24.2. The van der Waals surface area contributed by atoms with E-state index in [1.165, 1.54) is 32.3 Å². The van der Waals surface area contributed by atoms with Gasteiger partial charge in [-0.2, -0.15) is 0 Å². The SMILES string of the molecule is CC#CCOc1ccc(C[C@H](NC(=O)[C@@H](/C=C/CCCCCCC(=O)CCCCCCC)[C@@](O)(CCO)C(=O)OC(C)(C)C)C(C)=O)cc1. The number of carbonyl (C=O) groups is 4. The maximum atomic E-state index is 13.8. The van der Waals surface area contributed by atoms with E-state index in [9.17, 15) is 29.4 Å². The van der Waals surface area contributed by atoms with Crippen molar-refractivity contribution >= 4 is 23.4 Å². The Balaban J connectivity index is 2.97. The predicted molar refractivity (Wildman–Crippen MR) is 193 cm³/mol. The Labute approximate surface area is 294 Å². The Morgan fingerprint density at radius 1 is 0.939 bits per heavy atom. The lowest BCUT2D eigenvalue weighted by Gasteiger charge is -2.34. The first kappa shape index (κ1) is 43.5. The Morgan fingerprint density at radius 3 is 2.10 bits per heavy atom. The van der Waals surface area contributed by atoms with Crippen LogP contribution in [0.5, 0.6) is 5.75 Å². The number of hydrogen-bond donors (Lipinski definition) is 3. The number of esters is 1. The van der Waals surface area contributed by atoms with Gasteiger partial charge in [-0.3, -0.25) is 14.4 Å². The van der Waals surface area contributed by atoms with Crippen LogP contribution in [0.25, 0.3) is 0 Å². The van der Waals surface area contributed by atoms with Gasteiger partial charge in [-0.05, 0) is 84.4 Å². The molecular formula is C40H61NO8. The van der Waals surface area contributed by atoms with E-state index in [1.807, 2.05) is 0 Å². The van der Waals surface area contributed by atoms with Gasteiger partial charge in [-0.15, -0.1) is 5.92 Å². The molecule has 3 atom stereocenters. The highest BCUT2D eigenvalue weighted by Crippen LogP contribution is 2.28. The average molecular weight is 684 g/mol. The summed E-state index contributed by atoms with van der Waals surface area (Å²) in [6, 6.07) is 6.17. The molecule has 0 aliphatic rings. The number of carbonyl (C=O) groups excluding carboxylic acids is 4. The van der Waals surface area contributed by atoms with Crippen molar-refractivity contribution < 1.29 is 38.9 Å². The van der Waals surface area contributed by atoms with E-state index in [1.54, 1.807) is 58.0 Å². The minimum atomic E-state index is -2.37. The van der Waals surface area contributed by atoms with E-state index >= 15 is 0 Å². The van der Waals surface area contributed by atoms with E-state index in [4.69, 9.17) is 9.47 Å². The lowest BCUT2D eigenvalue weighted by Crippen LogP contribution is -2.56. The Morgan fingerprint density at radius 2 is 1.55 bits per heavy atom. The second-order valence-corrected chi connectivity index (χ2v) is 13.7. The fraction of sp³-hybridized carbons (Fsp3) is 0.650. The lowest BCUT2D eigenvalue weighted by molar-refractivity contribution is -0.185. The predicted octanol–water partition coefficient (Wildman–Crippen LogP) is 6.60. The standard InChI is InChI=1S/C40H61NO8/c1-7-9-11-14-17-20-33(44)21-18-15-12-13-16-19-22-35(40(47,27-28-42)38(46)49-39(4,5)6)37(45)41-36(31(3)43)30-32-23-25-34(26-24-32)48-29-10-8-2/h19,22-26,35-36,42,47H,7,9,11-18,20-21,27-30H2,1-6H3,(H,41,45)/b22-19+/t35-,36+,40+/m1/s1. The molecule has 0 aliphatic heterocycles. The summed E-state index contributed by atoms with van der Waals surface area (Å²) >= 11 is 0. The van der Waals surface area contributed by atoms with Crippen LogP contribution < -0.4 is 10.1 Å². The number of ketones is 2. The van der Waals surface area contributed by atoms with Crippen molar-refractivity contribution in [3.63, 3.8) is 0 Å². The Kier molecular flexibility index (Phi) is 21.2. The van der Waals surface area contributed by atoms with Crippen LogP contribution in [0.2, 0.25) is 0 Å². The van der Waals surface area contributed by atoms with Gasteiger partial charge in [0, 0.05) is 25.9 Å². The van der Waals surface area contributed by atoms with Crippen LogP contribution >= 0.6 is 0 Å². The van der Waals surface area contributed by atoms with Crippen molar-refractivity contribution in [3.05, 3.63) is 42.0 Å². The van der Waals surface area contributed by atoms with Crippen molar-refractivity contribution in [3.8, 4) is 17.6 Å². The second-order valence-electron chi connectivity index (χ2n) is 13.7. The average Bonchev–Trinajstić information content (AvgIpc) is 3.03. The van der Waals surface area contributed by atoms with E-state index in [-0.39, 0.29) is 18.8 Å². The normalized spacial score (nSPS) is 13.9. The van der Waals surface area contributed by atoms with E-state index < -0.39 is 48.1 Å². The number of aliphatic hydroxyl groups is 2. The van der Waals surface area contributed by atoms with E-state index in [0.717, 1.165) is 44.1 Å². The number of amides is 1. The molecule has 9 nitrogen and oxygen atoms in total. The number of ether oxygens (including phenoxy) is 2. The number of hydrogen-bond acceptors (Lipinski definition) is 8. The molecule has 0 spiro atoms. The van der Waals surface area contributed by atoms with Crippen molar-refractivity contribution in [2.24, 2.45) is 5.92 Å². The zero-order chi connectivity index (χ0) is 36.7. The van der Waals surface area contributed by atoms with Crippen LogP contribution in [0, 0.1) is 17.8 Å². The highest BCUT2D eigenvalue weighted by Gasteiger charge is 2.49. The summed E-state index contributed by atoms with van der Waals surface area (Å²) in [5.74, 6) is 3.04.